The number of amides is 1. The molecule has 11 heteroatoms. The first-order valence-electron chi connectivity index (χ1n) is 19.9. The largest absolute Gasteiger partial charge is 0.497 e. The van der Waals surface area contributed by atoms with Gasteiger partial charge in [-0.25, -0.2) is 0 Å². The molecule has 2 aromatic heterocycles. The molecule has 1 amide bonds. The topological polar surface area (TPSA) is 94.3 Å². The van der Waals surface area contributed by atoms with Crippen LogP contribution in [0.25, 0.3) is 23.1 Å². The number of methoxy groups -OCH3 is 3. The number of rotatable bonds is 21. The Morgan fingerprint density at radius 2 is 1.62 bits per heavy atom. The van der Waals surface area contributed by atoms with Crippen molar-refractivity contribution < 1.29 is 19.0 Å². The molecule has 53 heavy (non-hydrogen) atoms. The van der Waals surface area contributed by atoms with Gasteiger partial charge in [-0.15, -0.1) is 22.0 Å². The number of aromatic nitrogens is 4. The summed E-state index contributed by atoms with van der Waals surface area (Å²) in [5.74, 6) is 3.61. The van der Waals surface area contributed by atoms with Crippen molar-refractivity contribution in [2.45, 2.75) is 124 Å². The van der Waals surface area contributed by atoms with Gasteiger partial charge in [0.15, 0.2) is 23.0 Å². The van der Waals surface area contributed by atoms with Crippen LogP contribution in [0.1, 0.15) is 119 Å². The standard InChI is InChI=1S/C42H66N6O4S/c1-12-17-19-29(14-3)26-47(27-30(15-4)20-18-13-2)36(49)28-46(16-5)37-22-21-32(53-37)25-34-39(42(6,7)8)45-48-40(43-44-41(34)48)33-23-31(50-9)24-35(51-10)38(33)52-11/h22-25,29-30,32H,12-21,26-28H2,1-11H3/b34-25-. The molecular weight excluding hydrogens is 685 g/mol. The van der Waals surface area contributed by atoms with Gasteiger partial charge in [0, 0.05) is 41.6 Å². The summed E-state index contributed by atoms with van der Waals surface area (Å²) in [6.07, 6.45) is 14.9. The summed E-state index contributed by atoms with van der Waals surface area (Å²) in [5, 5.41) is 16.7. The van der Waals surface area contributed by atoms with Crippen molar-refractivity contribution in [2.75, 3.05) is 47.5 Å². The molecule has 0 N–H and O–H groups in total. The zero-order chi connectivity index (χ0) is 38.7. The lowest BCUT2D eigenvalue weighted by Crippen LogP contribution is -2.44. The fourth-order valence-electron chi connectivity index (χ4n) is 7.21. The molecular formula is C42H66N6O4S. The summed E-state index contributed by atoms with van der Waals surface area (Å²) in [7, 11) is 4.84. The first kappa shape index (κ1) is 42.3. The molecule has 0 saturated carbocycles. The quantitative estimate of drug-likeness (QED) is 0.106. The predicted molar refractivity (Wildman–Crippen MR) is 219 cm³/mol. The van der Waals surface area contributed by atoms with Crippen LogP contribution in [0.15, 0.2) is 23.2 Å². The summed E-state index contributed by atoms with van der Waals surface area (Å²) in [4.78, 5) is 18.7. The minimum Gasteiger partial charge on any atom is -0.497 e. The normalized spacial score (nSPS) is 16.2. The van der Waals surface area contributed by atoms with Crippen molar-refractivity contribution in [1.82, 2.24) is 29.6 Å². The number of carbonyl (C=O) groups excluding carboxylic acids is 1. The summed E-state index contributed by atoms with van der Waals surface area (Å²) >= 11 is 1.82. The van der Waals surface area contributed by atoms with Gasteiger partial charge in [0.25, 0.3) is 0 Å². The second kappa shape index (κ2) is 19.7. The number of nitrogens with zero attached hydrogens (tertiary/aromatic N) is 6. The summed E-state index contributed by atoms with van der Waals surface area (Å²) in [6, 6.07) is 3.66. The number of ether oxygens (including phenoxy) is 3. The lowest BCUT2D eigenvalue weighted by molar-refractivity contribution is -0.133. The van der Waals surface area contributed by atoms with E-state index in [2.05, 4.69) is 87.5 Å². The van der Waals surface area contributed by atoms with Gasteiger partial charge in [0.05, 0.1) is 44.2 Å². The number of thioether (sulfide) groups is 1. The van der Waals surface area contributed by atoms with Crippen molar-refractivity contribution in [3.05, 3.63) is 34.2 Å². The van der Waals surface area contributed by atoms with Crippen LogP contribution in [0.5, 0.6) is 17.2 Å². The lowest BCUT2D eigenvalue weighted by Gasteiger charge is -2.33. The van der Waals surface area contributed by atoms with E-state index in [-0.39, 0.29) is 16.6 Å². The highest BCUT2D eigenvalue weighted by atomic mass is 32.2. The number of benzene rings is 1. The van der Waals surface area contributed by atoms with Gasteiger partial charge >= 0.3 is 0 Å². The minimum absolute atomic E-state index is 0.169. The first-order valence-corrected chi connectivity index (χ1v) is 20.8. The van der Waals surface area contributed by atoms with Gasteiger partial charge in [-0.2, -0.15) is 9.61 Å². The molecule has 3 heterocycles. The third-order valence-electron chi connectivity index (χ3n) is 10.5. The Hall–Kier alpha value is -3.47. The van der Waals surface area contributed by atoms with Gasteiger partial charge in [-0.05, 0) is 44.1 Å². The predicted octanol–water partition coefficient (Wildman–Crippen LogP) is 8.54. The number of carbonyl (C=O) groups is 1. The second-order valence-electron chi connectivity index (χ2n) is 15.4. The number of hydrogen-bond donors (Lipinski definition) is 0. The third kappa shape index (κ3) is 10.4. The highest BCUT2D eigenvalue weighted by Gasteiger charge is 2.30. The molecule has 0 fully saturated rings. The van der Waals surface area contributed by atoms with E-state index >= 15 is 0 Å². The SMILES string of the molecule is CCCCC(CC)CN(CC(CC)CCCC)C(=O)CN(CC)C1=CCC(/C=c2/c(C(C)(C)C)nn3c(-c4cc(OC)cc(OC)c4OC)nnc23)S1. The zero-order valence-electron chi connectivity index (χ0n) is 34.5. The van der Waals surface area contributed by atoms with E-state index in [0.29, 0.717) is 52.7 Å². The maximum Gasteiger partial charge on any atom is 0.242 e. The Morgan fingerprint density at radius 3 is 2.15 bits per heavy atom. The van der Waals surface area contributed by atoms with Crippen molar-refractivity contribution in [3.63, 3.8) is 0 Å². The average Bonchev–Trinajstić information content (AvgIpc) is 3.89. The minimum atomic E-state index is -0.244. The van der Waals surface area contributed by atoms with Gasteiger partial charge in [-0.3, -0.25) is 4.79 Å². The smallest absolute Gasteiger partial charge is 0.242 e. The Morgan fingerprint density at radius 1 is 0.962 bits per heavy atom. The second-order valence-corrected chi connectivity index (χ2v) is 16.7. The van der Waals surface area contributed by atoms with Crippen LogP contribution in [-0.4, -0.2) is 88.3 Å². The number of fused-ring (bicyclic) bond motifs is 1. The molecule has 0 aliphatic carbocycles. The zero-order valence-corrected chi connectivity index (χ0v) is 35.3. The Kier molecular flexibility index (Phi) is 15.7. The van der Waals surface area contributed by atoms with Gasteiger partial charge in [0.1, 0.15) is 5.75 Å². The maximum absolute atomic E-state index is 14.2. The first-order chi connectivity index (χ1) is 25.5. The van der Waals surface area contributed by atoms with Crippen LogP contribution >= 0.6 is 11.8 Å². The molecule has 3 atom stereocenters. The molecule has 1 aliphatic heterocycles. The van der Waals surface area contributed by atoms with Crippen LogP contribution < -0.4 is 19.4 Å². The highest BCUT2D eigenvalue weighted by molar-refractivity contribution is 8.04. The molecule has 3 aromatic rings. The van der Waals surface area contributed by atoms with Crippen LogP contribution in [-0.2, 0) is 10.2 Å². The van der Waals surface area contributed by atoms with Crippen LogP contribution in [0, 0.1) is 11.8 Å². The molecule has 0 bridgehead atoms. The van der Waals surface area contributed by atoms with Crippen LogP contribution in [0.2, 0.25) is 0 Å². The summed E-state index contributed by atoms with van der Waals surface area (Å²) in [5.41, 5.74) is 2.09. The molecule has 1 aliphatic rings. The monoisotopic (exact) mass is 750 g/mol. The molecule has 1 aromatic carbocycles. The van der Waals surface area contributed by atoms with E-state index in [0.717, 1.165) is 49.8 Å². The fourth-order valence-corrected chi connectivity index (χ4v) is 8.45. The van der Waals surface area contributed by atoms with E-state index in [1.54, 1.807) is 27.4 Å². The number of allylic oxidation sites excluding steroid dienone is 1. The molecule has 3 unspecified atom stereocenters. The molecule has 4 rings (SSSR count). The summed E-state index contributed by atoms with van der Waals surface area (Å²) in [6.45, 7) is 20.7. The number of likely N-dealkylation sites (N-methyl/N-ethyl adjacent to an activating group) is 1. The third-order valence-corrected chi connectivity index (χ3v) is 11.8. The van der Waals surface area contributed by atoms with E-state index < -0.39 is 0 Å². The van der Waals surface area contributed by atoms with Crippen LogP contribution in [0.4, 0.5) is 0 Å². The lowest BCUT2D eigenvalue weighted by atomic mass is 9.91. The molecule has 0 saturated heterocycles. The highest BCUT2D eigenvalue weighted by Crippen LogP contribution is 2.41. The Labute approximate surface area is 323 Å². The van der Waals surface area contributed by atoms with E-state index in [1.807, 2.05) is 22.3 Å². The van der Waals surface area contributed by atoms with Crippen molar-refractivity contribution >= 4 is 29.4 Å². The molecule has 0 spiro atoms. The maximum atomic E-state index is 14.2. The van der Waals surface area contributed by atoms with Crippen LogP contribution in [0.3, 0.4) is 0 Å². The molecule has 0 radical (unpaired) electrons. The van der Waals surface area contributed by atoms with E-state index in [4.69, 9.17) is 19.3 Å². The number of unbranched alkanes of at least 4 members (excludes halogenated alkanes) is 2. The van der Waals surface area contributed by atoms with Gasteiger partial charge in [-0.1, -0.05) is 99.1 Å². The van der Waals surface area contributed by atoms with Crippen molar-refractivity contribution in [3.8, 4) is 28.6 Å². The van der Waals surface area contributed by atoms with E-state index in [9.17, 15) is 4.79 Å². The fraction of sp³-hybridized carbons (Fsp3) is 0.667. The molecule has 10 nitrogen and oxygen atoms in total. The average molecular weight is 751 g/mol. The van der Waals surface area contributed by atoms with Gasteiger partial charge < -0.3 is 24.0 Å². The van der Waals surface area contributed by atoms with E-state index in [1.165, 1.54) is 43.6 Å². The number of hydrogen-bond acceptors (Lipinski definition) is 9. The van der Waals surface area contributed by atoms with Gasteiger partial charge in [0.2, 0.25) is 5.91 Å². The Balaban J connectivity index is 1.61. The Bertz CT molecular complexity index is 1700. The van der Waals surface area contributed by atoms with Crippen molar-refractivity contribution in [2.24, 2.45) is 11.8 Å². The molecule has 294 valence electrons. The summed E-state index contributed by atoms with van der Waals surface area (Å²) < 4.78 is 18.8. The van der Waals surface area contributed by atoms with Crippen molar-refractivity contribution in [1.29, 1.82) is 0 Å².